The third kappa shape index (κ3) is 3.55. The van der Waals surface area contributed by atoms with Crippen LogP contribution in [0, 0.1) is 13.8 Å². The third-order valence-electron chi connectivity index (χ3n) is 3.38. The molecule has 0 fully saturated rings. The number of aromatic amines is 1. The van der Waals surface area contributed by atoms with E-state index in [1.165, 1.54) is 6.21 Å². The van der Waals surface area contributed by atoms with Crippen LogP contribution in [-0.2, 0) is 0 Å². The molecule has 1 aromatic carbocycles. The van der Waals surface area contributed by atoms with Crippen LogP contribution in [-0.4, -0.2) is 22.3 Å². The lowest BCUT2D eigenvalue weighted by Gasteiger charge is -2.00. The van der Waals surface area contributed by atoms with Crippen molar-refractivity contribution in [3.63, 3.8) is 0 Å². The minimum absolute atomic E-state index is 0.277. The molecule has 7 heteroatoms. The first-order valence-corrected chi connectivity index (χ1v) is 7.62. The van der Waals surface area contributed by atoms with Crippen molar-refractivity contribution < 1.29 is 9.21 Å². The molecule has 2 N–H and O–H groups in total. The van der Waals surface area contributed by atoms with Gasteiger partial charge in [-0.1, -0.05) is 23.7 Å². The van der Waals surface area contributed by atoms with Crippen LogP contribution in [0.25, 0.3) is 11.3 Å². The van der Waals surface area contributed by atoms with E-state index in [4.69, 9.17) is 16.0 Å². The van der Waals surface area contributed by atoms with Crippen molar-refractivity contribution in [2.75, 3.05) is 0 Å². The first-order chi connectivity index (χ1) is 11.5. The predicted octanol–water partition coefficient (Wildman–Crippen LogP) is 3.70. The number of aryl methyl sites for hydroxylation is 2. The highest BCUT2D eigenvalue weighted by molar-refractivity contribution is 6.31. The number of rotatable bonds is 4. The van der Waals surface area contributed by atoms with Gasteiger partial charge >= 0.3 is 0 Å². The number of amides is 1. The van der Waals surface area contributed by atoms with E-state index in [2.05, 4.69) is 20.7 Å². The zero-order valence-corrected chi connectivity index (χ0v) is 13.9. The molecule has 3 aromatic rings. The summed E-state index contributed by atoms with van der Waals surface area (Å²) in [6.45, 7) is 3.75. The average molecular weight is 343 g/mol. The molecule has 1 amide bonds. The van der Waals surface area contributed by atoms with Crippen molar-refractivity contribution in [2.24, 2.45) is 5.10 Å². The summed E-state index contributed by atoms with van der Waals surface area (Å²) in [5.74, 6) is 0.792. The maximum absolute atomic E-state index is 11.8. The molecule has 0 saturated heterocycles. The molecule has 0 aliphatic carbocycles. The number of halogens is 1. The van der Waals surface area contributed by atoms with Gasteiger partial charge in [0.25, 0.3) is 5.91 Å². The quantitative estimate of drug-likeness (QED) is 0.560. The molecule has 0 spiro atoms. The van der Waals surface area contributed by atoms with Gasteiger partial charge in [-0.3, -0.25) is 9.89 Å². The number of H-pyrrole nitrogens is 1. The Morgan fingerprint density at radius 2 is 2.12 bits per heavy atom. The van der Waals surface area contributed by atoms with Gasteiger partial charge in [0.2, 0.25) is 0 Å². The summed E-state index contributed by atoms with van der Waals surface area (Å²) in [5, 5.41) is 11.1. The summed E-state index contributed by atoms with van der Waals surface area (Å²) < 4.78 is 5.68. The molecule has 3 rings (SSSR count). The summed E-state index contributed by atoms with van der Waals surface area (Å²) in [5.41, 5.74) is 5.35. The Morgan fingerprint density at radius 3 is 2.83 bits per heavy atom. The van der Waals surface area contributed by atoms with E-state index in [0.717, 1.165) is 16.8 Å². The van der Waals surface area contributed by atoms with Crippen LogP contribution in [0.1, 0.15) is 27.5 Å². The first-order valence-electron chi connectivity index (χ1n) is 7.25. The van der Waals surface area contributed by atoms with Gasteiger partial charge in [-0.25, -0.2) is 5.43 Å². The van der Waals surface area contributed by atoms with Crippen molar-refractivity contribution in [3.8, 4) is 11.3 Å². The second-order valence-corrected chi connectivity index (χ2v) is 5.71. The number of carbonyl (C=O) groups is 1. The maximum Gasteiger partial charge on any atom is 0.291 e. The topological polar surface area (TPSA) is 83.3 Å². The molecule has 0 radical (unpaired) electrons. The number of aromatic nitrogens is 2. The monoisotopic (exact) mass is 342 g/mol. The van der Waals surface area contributed by atoms with E-state index < -0.39 is 5.91 Å². The van der Waals surface area contributed by atoms with Gasteiger partial charge < -0.3 is 4.42 Å². The molecule has 24 heavy (non-hydrogen) atoms. The zero-order valence-electron chi connectivity index (χ0n) is 13.1. The highest BCUT2D eigenvalue weighted by atomic mass is 35.5. The lowest BCUT2D eigenvalue weighted by atomic mass is 10.1. The molecule has 0 atom stereocenters. The fraction of sp³-hybridized carbons (Fsp3) is 0.118. The molecule has 2 heterocycles. The average Bonchev–Trinajstić information content (AvgIpc) is 3.19. The second kappa shape index (κ2) is 6.72. The van der Waals surface area contributed by atoms with E-state index in [9.17, 15) is 4.79 Å². The molecule has 2 aromatic heterocycles. The van der Waals surface area contributed by atoms with Crippen LogP contribution in [0.5, 0.6) is 0 Å². The Bertz CT molecular complexity index is 911. The lowest BCUT2D eigenvalue weighted by molar-refractivity contribution is 0.0950. The van der Waals surface area contributed by atoms with E-state index >= 15 is 0 Å². The van der Waals surface area contributed by atoms with Crippen molar-refractivity contribution in [3.05, 3.63) is 64.1 Å². The Balaban J connectivity index is 1.67. The molecule has 0 aliphatic rings. The fourth-order valence-corrected chi connectivity index (χ4v) is 2.25. The minimum Gasteiger partial charge on any atom is -0.455 e. The third-order valence-corrected chi connectivity index (χ3v) is 3.79. The molecular formula is C17H15ClN4O2. The molecule has 122 valence electrons. The smallest absolute Gasteiger partial charge is 0.291 e. The second-order valence-electron chi connectivity index (χ2n) is 5.30. The summed E-state index contributed by atoms with van der Waals surface area (Å²) in [6.07, 6.45) is 1.43. The van der Waals surface area contributed by atoms with Gasteiger partial charge in [0.05, 0.1) is 6.21 Å². The molecular weight excluding hydrogens is 328 g/mol. The lowest BCUT2D eigenvalue weighted by Crippen LogP contribution is -2.17. The number of hydrogen-bond donors (Lipinski definition) is 2. The van der Waals surface area contributed by atoms with Crippen LogP contribution in [0.2, 0.25) is 5.02 Å². The van der Waals surface area contributed by atoms with Gasteiger partial charge in [-0.05, 0) is 43.7 Å². The predicted molar refractivity (Wildman–Crippen MR) is 92.3 cm³/mol. The van der Waals surface area contributed by atoms with Crippen LogP contribution in [0.3, 0.4) is 0 Å². The number of nitrogens with zero attached hydrogens (tertiary/aromatic N) is 2. The SMILES string of the molecule is Cc1cc(C(=O)N/N=C/c2ccc(-c3ccc(C)c(Cl)c3)o2)n[nH]1. The molecule has 0 saturated carbocycles. The molecule has 6 nitrogen and oxygen atoms in total. The van der Waals surface area contributed by atoms with Crippen LogP contribution >= 0.6 is 11.6 Å². The van der Waals surface area contributed by atoms with Crippen molar-refractivity contribution in [2.45, 2.75) is 13.8 Å². The van der Waals surface area contributed by atoms with Gasteiger partial charge in [0.1, 0.15) is 11.5 Å². The van der Waals surface area contributed by atoms with E-state index in [0.29, 0.717) is 16.5 Å². The number of hydrogen-bond acceptors (Lipinski definition) is 4. The molecule has 0 bridgehead atoms. The Labute approximate surface area is 143 Å². The summed E-state index contributed by atoms with van der Waals surface area (Å²) in [6, 6.07) is 10.9. The fourth-order valence-electron chi connectivity index (χ4n) is 2.07. The largest absolute Gasteiger partial charge is 0.455 e. The standard InChI is InChI=1S/C17H15ClN4O2/c1-10-3-4-12(8-14(10)18)16-6-5-13(24-16)9-19-22-17(23)15-7-11(2)20-21-15/h3-9H,1-2H3,(H,20,21)(H,22,23)/b19-9+. The maximum atomic E-state index is 11.8. The van der Waals surface area contributed by atoms with Gasteiger partial charge in [-0.15, -0.1) is 0 Å². The number of furan rings is 1. The Morgan fingerprint density at radius 1 is 1.29 bits per heavy atom. The first kappa shape index (κ1) is 16.0. The number of hydrazone groups is 1. The molecule has 0 unspecified atom stereocenters. The Kier molecular flexibility index (Phi) is 4.48. The summed E-state index contributed by atoms with van der Waals surface area (Å²) in [4.78, 5) is 11.8. The van der Waals surface area contributed by atoms with Gasteiger partial charge in [0.15, 0.2) is 5.69 Å². The summed E-state index contributed by atoms with van der Waals surface area (Å²) in [7, 11) is 0. The number of carbonyl (C=O) groups excluding carboxylic acids is 1. The highest BCUT2D eigenvalue weighted by Gasteiger charge is 2.08. The van der Waals surface area contributed by atoms with E-state index in [-0.39, 0.29) is 5.69 Å². The zero-order chi connectivity index (χ0) is 17.1. The minimum atomic E-state index is -0.396. The van der Waals surface area contributed by atoms with Gasteiger partial charge in [0, 0.05) is 16.3 Å². The van der Waals surface area contributed by atoms with Crippen LogP contribution in [0.15, 0.2) is 45.9 Å². The van der Waals surface area contributed by atoms with Crippen molar-refractivity contribution in [1.29, 1.82) is 0 Å². The van der Waals surface area contributed by atoms with Crippen LogP contribution in [0.4, 0.5) is 0 Å². The molecule has 0 aliphatic heterocycles. The number of benzene rings is 1. The van der Waals surface area contributed by atoms with Crippen molar-refractivity contribution >= 4 is 23.7 Å². The van der Waals surface area contributed by atoms with E-state index in [1.807, 2.05) is 38.1 Å². The normalized spacial score (nSPS) is 11.1. The Hall–Kier alpha value is -2.86. The van der Waals surface area contributed by atoms with Crippen molar-refractivity contribution in [1.82, 2.24) is 15.6 Å². The summed E-state index contributed by atoms with van der Waals surface area (Å²) >= 11 is 6.12. The highest BCUT2D eigenvalue weighted by Crippen LogP contribution is 2.26. The van der Waals surface area contributed by atoms with Gasteiger partial charge in [-0.2, -0.15) is 10.2 Å². The van der Waals surface area contributed by atoms with Crippen LogP contribution < -0.4 is 5.43 Å². The van der Waals surface area contributed by atoms with E-state index in [1.54, 1.807) is 12.1 Å². The number of nitrogens with one attached hydrogen (secondary N) is 2.